The first-order valence-electron chi connectivity index (χ1n) is 8.47. The standard InChI is InChI=1S/C20H20Cl2N2O/c1-2-3-11-23-20(25)19-17(13-7-9-15(21)10-8-13)18(24-19)14-5-4-6-16(22)12-14/h4-10,12,17,19H,2-3,11H2,1H3,(H,23,25)/t17-,19-/m0/s1. The number of carbonyl (C=O) groups excluding carboxylic acids is 1. The minimum Gasteiger partial charge on any atom is -0.354 e. The number of carbonyl (C=O) groups is 1. The first-order chi connectivity index (χ1) is 12.1. The number of unbranched alkanes of at least 4 members (excludes halogenated alkanes) is 1. The molecule has 130 valence electrons. The molecule has 0 unspecified atom stereocenters. The van der Waals surface area contributed by atoms with Gasteiger partial charge in [-0.25, -0.2) is 0 Å². The van der Waals surface area contributed by atoms with E-state index in [-0.39, 0.29) is 11.8 Å². The number of rotatable bonds is 6. The Morgan fingerprint density at radius 1 is 1.12 bits per heavy atom. The molecule has 1 aliphatic rings. The van der Waals surface area contributed by atoms with Crippen molar-refractivity contribution in [1.29, 1.82) is 0 Å². The third-order valence-electron chi connectivity index (χ3n) is 4.34. The molecule has 2 atom stereocenters. The molecule has 0 bridgehead atoms. The van der Waals surface area contributed by atoms with Crippen LogP contribution < -0.4 is 5.32 Å². The molecule has 25 heavy (non-hydrogen) atoms. The Labute approximate surface area is 158 Å². The smallest absolute Gasteiger partial charge is 0.245 e. The van der Waals surface area contributed by atoms with Crippen LogP contribution in [-0.2, 0) is 4.79 Å². The van der Waals surface area contributed by atoms with Gasteiger partial charge in [0.15, 0.2) is 0 Å². The minimum absolute atomic E-state index is 0.0285. The molecular formula is C20H20Cl2N2O. The van der Waals surface area contributed by atoms with E-state index in [1.54, 1.807) is 0 Å². The van der Waals surface area contributed by atoms with Crippen LogP contribution in [0.15, 0.2) is 53.5 Å². The maximum atomic E-state index is 12.5. The zero-order chi connectivity index (χ0) is 17.8. The van der Waals surface area contributed by atoms with Gasteiger partial charge in [0.1, 0.15) is 6.04 Å². The van der Waals surface area contributed by atoms with Crippen LogP contribution in [0.4, 0.5) is 0 Å². The van der Waals surface area contributed by atoms with Gasteiger partial charge in [-0.2, -0.15) is 0 Å². The lowest BCUT2D eigenvalue weighted by molar-refractivity contribution is -0.122. The zero-order valence-corrected chi connectivity index (χ0v) is 15.5. The molecule has 0 aliphatic carbocycles. The Hall–Kier alpha value is -1.84. The van der Waals surface area contributed by atoms with Crippen LogP contribution in [0.1, 0.15) is 36.8 Å². The van der Waals surface area contributed by atoms with Crippen molar-refractivity contribution in [3.63, 3.8) is 0 Å². The summed E-state index contributed by atoms with van der Waals surface area (Å²) in [4.78, 5) is 17.1. The van der Waals surface area contributed by atoms with Crippen molar-refractivity contribution in [1.82, 2.24) is 5.32 Å². The lowest BCUT2D eigenvalue weighted by Gasteiger charge is -2.34. The first kappa shape index (κ1) is 18.0. The molecule has 3 nitrogen and oxygen atoms in total. The normalized spacial score (nSPS) is 19.1. The van der Waals surface area contributed by atoms with Gasteiger partial charge in [0.05, 0.1) is 11.6 Å². The molecule has 1 N–H and O–H groups in total. The van der Waals surface area contributed by atoms with E-state index in [9.17, 15) is 4.79 Å². The minimum atomic E-state index is -0.410. The van der Waals surface area contributed by atoms with Gasteiger partial charge in [-0.1, -0.05) is 60.8 Å². The van der Waals surface area contributed by atoms with E-state index in [1.807, 2.05) is 48.5 Å². The molecule has 0 saturated carbocycles. The van der Waals surface area contributed by atoms with Gasteiger partial charge in [0.25, 0.3) is 0 Å². The first-order valence-corrected chi connectivity index (χ1v) is 9.22. The van der Waals surface area contributed by atoms with E-state index < -0.39 is 6.04 Å². The second-order valence-corrected chi connectivity index (χ2v) is 7.02. The second-order valence-electron chi connectivity index (χ2n) is 6.14. The molecule has 3 rings (SSSR count). The number of benzene rings is 2. The second kappa shape index (κ2) is 8.03. The molecule has 0 saturated heterocycles. The molecule has 1 amide bonds. The third kappa shape index (κ3) is 4.05. The van der Waals surface area contributed by atoms with Gasteiger partial charge in [0, 0.05) is 16.6 Å². The van der Waals surface area contributed by atoms with E-state index in [4.69, 9.17) is 23.2 Å². The van der Waals surface area contributed by atoms with Gasteiger partial charge < -0.3 is 5.32 Å². The molecule has 5 heteroatoms. The van der Waals surface area contributed by atoms with Gasteiger partial charge in [-0.05, 0) is 41.8 Å². The average Bonchev–Trinajstić information content (AvgIpc) is 2.56. The highest BCUT2D eigenvalue weighted by Gasteiger charge is 2.41. The van der Waals surface area contributed by atoms with E-state index in [1.165, 1.54) is 0 Å². The van der Waals surface area contributed by atoms with Crippen molar-refractivity contribution in [2.45, 2.75) is 31.7 Å². The highest BCUT2D eigenvalue weighted by Crippen LogP contribution is 2.36. The Kier molecular flexibility index (Phi) is 5.77. The van der Waals surface area contributed by atoms with Crippen molar-refractivity contribution < 1.29 is 4.79 Å². The molecule has 1 aliphatic heterocycles. The Bertz CT molecular complexity index is 787. The zero-order valence-electron chi connectivity index (χ0n) is 14.0. The van der Waals surface area contributed by atoms with Crippen LogP contribution in [0, 0.1) is 0 Å². The van der Waals surface area contributed by atoms with Gasteiger partial charge in [0.2, 0.25) is 5.91 Å². The fourth-order valence-electron chi connectivity index (χ4n) is 2.99. The maximum absolute atomic E-state index is 12.5. The van der Waals surface area contributed by atoms with E-state index in [0.29, 0.717) is 16.6 Å². The fraction of sp³-hybridized carbons (Fsp3) is 0.300. The molecule has 0 aromatic heterocycles. The van der Waals surface area contributed by atoms with E-state index in [2.05, 4.69) is 17.2 Å². The summed E-state index contributed by atoms with van der Waals surface area (Å²) in [6.07, 6.45) is 2.01. The Morgan fingerprint density at radius 2 is 1.88 bits per heavy atom. The summed E-state index contributed by atoms with van der Waals surface area (Å²) in [6.45, 7) is 2.78. The quantitative estimate of drug-likeness (QED) is 0.720. The maximum Gasteiger partial charge on any atom is 0.245 e. The third-order valence-corrected chi connectivity index (χ3v) is 4.82. The van der Waals surface area contributed by atoms with Crippen LogP contribution in [0.5, 0.6) is 0 Å². The van der Waals surface area contributed by atoms with Crippen molar-refractivity contribution in [2.75, 3.05) is 6.54 Å². The predicted octanol–water partition coefficient (Wildman–Crippen LogP) is 4.86. The van der Waals surface area contributed by atoms with Gasteiger partial charge >= 0.3 is 0 Å². The van der Waals surface area contributed by atoms with Crippen molar-refractivity contribution in [2.24, 2.45) is 4.99 Å². The van der Waals surface area contributed by atoms with Crippen LogP contribution in [0.25, 0.3) is 0 Å². The molecule has 0 fully saturated rings. The number of nitrogens with zero attached hydrogens (tertiary/aromatic N) is 1. The fourth-order valence-corrected chi connectivity index (χ4v) is 3.30. The lowest BCUT2D eigenvalue weighted by Crippen LogP contribution is -2.47. The van der Waals surface area contributed by atoms with Crippen molar-refractivity contribution >= 4 is 34.8 Å². The van der Waals surface area contributed by atoms with E-state index >= 15 is 0 Å². The predicted molar refractivity (Wildman–Crippen MR) is 104 cm³/mol. The molecule has 2 aromatic carbocycles. The van der Waals surface area contributed by atoms with Crippen molar-refractivity contribution in [3.05, 3.63) is 69.7 Å². The summed E-state index contributed by atoms with van der Waals surface area (Å²) >= 11 is 12.1. The summed E-state index contributed by atoms with van der Waals surface area (Å²) in [5.74, 6) is -0.114. The number of halogens is 2. The average molecular weight is 375 g/mol. The number of nitrogens with one attached hydrogen (secondary N) is 1. The summed E-state index contributed by atoms with van der Waals surface area (Å²) in [5, 5.41) is 4.31. The number of hydrogen-bond donors (Lipinski definition) is 1. The van der Waals surface area contributed by atoms with Crippen LogP contribution >= 0.6 is 23.2 Å². The topological polar surface area (TPSA) is 41.5 Å². The molecular weight excluding hydrogens is 355 g/mol. The molecule has 0 spiro atoms. The molecule has 1 heterocycles. The van der Waals surface area contributed by atoms with Crippen molar-refractivity contribution in [3.8, 4) is 0 Å². The van der Waals surface area contributed by atoms with Gasteiger partial charge in [-0.3, -0.25) is 9.79 Å². The SMILES string of the molecule is CCCCNC(=O)[C@H]1N=C(c2cccc(Cl)c2)[C@@H]1c1ccc(Cl)cc1. The highest BCUT2D eigenvalue weighted by atomic mass is 35.5. The van der Waals surface area contributed by atoms with Crippen LogP contribution in [-0.4, -0.2) is 24.2 Å². The van der Waals surface area contributed by atoms with Gasteiger partial charge in [-0.15, -0.1) is 0 Å². The number of hydrogen-bond acceptors (Lipinski definition) is 2. The number of aliphatic imine (C=N–C) groups is 1. The highest BCUT2D eigenvalue weighted by molar-refractivity contribution is 6.31. The summed E-state index contributed by atoms with van der Waals surface area (Å²) < 4.78 is 0. The van der Waals surface area contributed by atoms with Crippen LogP contribution in [0.2, 0.25) is 10.0 Å². The van der Waals surface area contributed by atoms with E-state index in [0.717, 1.165) is 29.7 Å². The largest absolute Gasteiger partial charge is 0.354 e. The lowest BCUT2D eigenvalue weighted by atomic mass is 9.78. The summed E-state index contributed by atoms with van der Waals surface area (Å²) in [7, 11) is 0. The summed E-state index contributed by atoms with van der Waals surface area (Å²) in [5.41, 5.74) is 2.87. The Morgan fingerprint density at radius 3 is 2.56 bits per heavy atom. The number of amides is 1. The summed E-state index contributed by atoms with van der Waals surface area (Å²) in [6, 6.07) is 14.8. The monoisotopic (exact) mass is 374 g/mol. The Balaban J connectivity index is 1.89. The molecule has 0 radical (unpaired) electrons. The molecule has 2 aromatic rings. The van der Waals surface area contributed by atoms with Crippen LogP contribution in [0.3, 0.4) is 0 Å².